The smallest absolute Gasteiger partial charge is 0.154 e. The number of aliphatic hydroxyl groups excluding tert-OH is 1. The summed E-state index contributed by atoms with van der Waals surface area (Å²) in [6.45, 7) is 5.85. The summed E-state index contributed by atoms with van der Waals surface area (Å²) in [5.74, 6) is 0. The van der Waals surface area contributed by atoms with Crippen LogP contribution in [0.15, 0.2) is 30.3 Å². The quantitative estimate of drug-likeness (QED) is 0.809. The third kappa shape index (κ3) is 21.0. The van der Waals surface area contributed by atoms with E-state index < -0.39 is 0 Å². The van der Waals surface area contributed by atoms with E-state index in [2.05, 4.69) is 28.5 Å². The Hall–Kier alpha value is -0.940. The molecule has 0 saturated carbocycles. The Bertz CT molecular complexity index is 210. The lowest BCUT2D eigenvalue weighted by molar-refractivity contribution is -0.0877. The largest absolute Gasteiger partial charge is 0.412 e. The average Bonchev–Trinajstić information content (AvgIpc) is 2.31. The van der Waals surface area contributed by atoms with Crippen LogP contribution in [0.4, 0.5) is 0 Å². The van der Waals surface area contributed by atoms with Crippen LogP contribution in [0.1, 0.15) is 19.4 Å². The zero-order chi connectivity index (χ0) is 12.8. The minimum absolute atomic E-state index is 0. The minimum Gasteiger partial charge on any atom is -0.412 e. The summed E-state index contributed by atoms with van der Waals surface area (Å²) in [6, 6.07) is 10.3. The minimum atomic E-state index is -0.0648. The van der Waals surface area contributed by atoms with E-state index in [1.165, 1.54) is 5.56 Å². The molecule has 0 heterocycles. The Morgan fingerprint density at radius 1 is 1.12 bits per heavy atom. The fraction of sp³-hybridized carbons (Fsp3) is 0.538. The second-order valence-corrected chi connectivity index (χ2v) is 3.01. The highest BCUT2D eigenvalue weighted by atomic mass is 16.7. The van der Waals surface area contributed by atoms with E-state index >= 15 is 0 Å². The van der Waals surface area contributed by atoms with Gasteiger partial charge >= 0.3 is 0 Å². The SMILES string of the molecule is CCO.COC(C)OC.Cc1ccccc1.O. The van der Waals surface area contributed by atoms with Crippen molar-refractivity contribution in [1.29, 1.82) is 0 Å². The number of hydrogen-bond acceptors (Lipinski definition) is 3. The van der Waals surface area contributed by atoms with Crippen molar-refractivity contribution in [3.63, 3.8) is 0 Å². The summed E-state index contributed by atoms with van der Waals surface area (Å²) in [6.07, 6.45) is -0.0648. The Labute approximate surface area is 104 Å². The summed E-state index contributed by atoms with van der Waals surface area (Å²) in [7, 11) is 3.21. The Morgan fingerprint density at radius 2 is 1.47 bits per heavy atom. The van der Waals surface area contributed by atoms with Gasteiger partial charge in [-0.15, -0.1) is 0 Å². The van der Waals surface area contributed by atoms with Crippen molar-refractivity contribution in [2.45, 2.75) is 27.1 Å². The maximum atomic E-state index is 7.57. The number of aliphatic hydroxyl groups is 1. The highest BCUT2D eigenvalue weighted by Gasteiger charge is 1.87. The molecule has 0 bridgehead atoms. The number of aryl methyl sites for hydroxylation is 1. The first-order valence-corrected chi connectivity index (χ1v) is 5.30. The lowest BCUT2D eigenvalue weighted by atomic mass is 10.2. The Morgan fingerprint density at radius 3 is 1.59 bits per heavy atom. The van der Waals surface area contributed by atoms with E-state index in [4.69, 9.17) is 5.11 Å². The molecule has 3 N–H and O–H groups in total. The van der Waals surface area contributed by atoms with E-state index in [0.29, 0.717) is 0 Å². The predicted molar refractivity (Wildman–Crippen MR) is 71.0 cm³/mol. The molecule has 1 aromatic carbocycles. The maximum absolute atomic E-state index is 7.57. The third-order valence-electron chi connectivity index (χ3n) is 1.60. The van der Waals surface area contributed by atoms with E-state index in [9.17, 15) is 0 Å². The van der Waals surface area contributed by atoms with Gasteiger partial charge in [-0.3, -0.25) is 0 Å². The molecule has 0 atom stereocenters. The summed E-state index contributed by atoms with van der Waals surface area (Å²) >= 11 is 0. The maximum Gasteiger partial charge on any atom is 0.154 e. The van der Waals surface area contributed by atoms with Gasteiger partial charge in [-0.25, -0.2) is 0 Å². The van der Waals surface area contributed by atoms with E-state index in [1.54, 1.807) is 21.1 Å². The number of benzene rings is 1. The molecule has 0 spiro atoms. The number of hydrogen-bond donors (Lipinski definition) is 1. The molecular formula is C13H26O4. The van der Waals surface area contributed by atoms with Gasteiger partial charge < -0.3 is 20.1 Å². The van der Waals surface area contributed by atoms with Crippen LogP contribution >= 0.6 is 0 Å². The third-order valence-corrected chi connectivity index (χ3v) is 1.60. The molecule has 0 saturated heterocycles. The normalized spacial score (nSPS) is 8.18. The van der Waals surface area contributed by atoms with Crippen molar-refractivity contribution >= 4 is 0 Å². The van der Waals surface area contributed by atoms with Crippen LogP contribution in [0.5, 0.6) is 0 Å². The topological polar surface area (TPSA) is 70.2 Å². The van der Waals surface area contributed by atoms with Crippen LogP contribution in [0.2, 0.25) is 0 Å². The fourth-order valence-corrected chi connectivity index (χ4v) is 0.631. The van der Waals surface area contributed by atoms with Crippen molar-refractivity contribution in [2.75, 3.05) is 20.8 Å². The molecule has 102 valence electrons. The lowest BCUT2D eigenvalue weighted by Crippen LogP contribution is -2.05. The summed E-state index contributed by atoms with van der Waals surface area (Å²) in [4.78, 5) is 0. The molecule has 4 heteroatoms. The lowest BCUT2D eigenvalue weighted by Gasteiger charge is -2.03. The van der Waals surface area contributed by atoms with Crippen LogP contribution < -0.4 is 0 Å². The molecule has 1 rings (SSSR count). The van der Waals surface area contributed by atoms with Crippen molar-refractivity contribution in [2.24, 2.45) is 0 Å². The van der Waals surface area contributed by atoms with Crippen molar-refractivity contribution in [3.05, 3.63) is 35.9 Å². The first kappa shape index (κ1) is 21.4. The average molecular weight is 246 g/mol. The molecule has 0 radical (unpaired) electrons. The van der Waals surface area contributed by atoms with E-state index in [-0.39, 0.29) is 18.4 Å². The van der Waals surface area contributed by atoms with Crippen molar-refractivity contribution < 1.29 is 20.1 Å². The molecule has 17 heavy (non-hydrogen) atoms. The van der Waals surface area contributed by atoms with Gasteiger partial charge in [-0.2, -0.15) is 0 Å². The molecule has 0 aliphatic rings. The first-order chi connectivity index (χ1) is 7.62. The van der Waals surface area contributed by atoms with Crippen molar-refractivity contribution in [3.8, 4) is 0 Å². The second kappa shape index (κ2) is 17.5. The molecule has 0 fully saturated rings. The molecule has 1 aromatic rings. The van der Waals surface area contributed by atoms with Gasteiger partial charge in [0.05, 0.1) is 0 Å². The van der Waals surface area contributed by atoms with Crippen LogP contribution in [0, 0.1) is 6.92 Å². The number of methoxy groups -OCH3 is 2. The summed E-state index contributed by atoms with van der Waals surface area (Å²) in [5, 5.41) is 7.57. The van der Waals surface area contributed by atoms with Crippen LogP contribution in [0.3, 0.4) is 0 Å². The van der Waals surface area contributed by atoms with Gasteiger partial charge in [-0.05, 0) is 20.8 Å². The van der Waals surface area contributed by atoms with E-state index in [1.807, 2.05) is 25.1 Å². The monoisotopic (exact) mass is 246 g/mol. The molecule has 0 aliphatic carbocycles. The van der Waals surface area contributed by atoms with Gasteiger partial charge in [-0.1, -0.05) is 35.9 Å². The molecule has 0 amide bonds. The number of ether oxygens (including phenoxy) is 2. The van der Waals surface area contributed by atoms with Gasteiger partial charge in [0.2, 0.25) is 0 Å². The molecule has 0 aliphatic heterocycles. The van der Waals surface area contributed by atoms with Gasteiger partial charge in [0.15, 0.2) is 6.29 Å². The van der Waals surface area contributed by atoms with Gasteiger partial charge in [0.25, 0.3) is 0 Å². The van der Waals surface area contributed by atoms with Crippen LogP contribution in [0.25, 0.3) is 0 Å². The molecule has 0 unspecified atom stereocenters. The van der Waals surface area contributed by atoms with E-state index in [0.717, 1.165) is 0 Å². The number of rotatable bonds is 2. The van der Waals surface area contributed by atoms with Crippen LogP contribution in [-0.4, -0.2) is 37.7 Å². The van der Waals surface area contributed by atoms with Crippen molar-refractivity contribution in [1.82, 2.24) is 0 Å². The molecule has 4 nitrogen and oxygen atoms in total. The second-order valence-electron chi connectivity index (χ2n) is 3.01. The highest BCUT2D eigenvalue weighted by Crippen LogP contribution is 1.92. The summed E-state index contributed by atoms with van der Waals surface area (Å²) < 4.78 is 9.35. The zero-order valence-electron chi connectivity index (χ0n) is 11.4. The highest BCUT2D eigenvalue weighted by molar-refractivity contribution is 5.11. The fourth-order valence-electron chi connectivity index (χ4n) is 0.631. The van der Waals surface area contributed by atoms with Crippen LogP contribution in [-0.2, 0) is 9.47 Å². The standard InChI is InChI=1S/C7H8.C4H10O2.C2H6O.H2O/c1-7-5-3-2-4-6-7;1-4(5-2)6-3;1-2-3;/h2-6H,1H3;4H,1-3H3;3H,2H2,1H3;1H2. The first-order valence-electron chi connectivity index (χ1n) is 5.30. The summed E-state index contributed by atoms with van der Waals surface area (Å²) in [5.41, 5.74) is 1.32. The molecular weight excluding hydrogens is 220 g/mol. The molecule has 0 aromatic heterocycles. The Kier molecular flexibility index (Phi) is 21.9. The predicted octanol–water partition coefficient (Wildman–Crippen LogP) is 1.79. The Balaban J connectivity index is -0.000000182. The van der Waals surface area contributed by atoms with Gasteiger partial charge in [0, 0.05) is 20.8 Å². The van der Waals surface area contributed by atoms with Gasteiger partial charge in [0.1, 0.15) is 0 Å². The zero-order valence-corrected chi connectivity index (χ0v) is 11.4.